The summed E-state index contributed by atoms with van der Waals surface area (Å²) >= 11 is 5.06. The minimum atomic E-state index is -0.486. The van der Waals surface area contributed by atoms with Crippen LogP contribution in [0.3, 0.4) is 0 Å². The van der Waals surface area contributed by atoms with Crippen molar-refractivity contribution in [3.63, 3.8) is 0 Å². The highest BCUT2D eigenvalue weighted by atomic mass is 79.9. The van der Waals surface area contributed by atoms with E-state index in [1.165, 1.54) is 18.2 Å². The van der Waals surface area contributed by atoms with Gasteiger partial charge in [-0.05, 0) is 58.4 Å². The maximum absolute atomic E-state index is 13.8. The first-order chi connectivity index (χ1) is 9.63. The van der Waals surface area contributed by atoms with E-state index in [0.717, 1.165) is 23.0 Å². The summed E-state index contributed by atoms with van der Waals surface area (Å²) in [5, 5.41) is 7.35. The molecule has 0 bridgehead atoms. The molecule has 0 aliphatic carbocycles. The van der Waals surface area contributed by atoms with Crippen molar-refractivity contribution in [2.75, 3.05) is 6.54 Å². The molecule has 20 heavy (non-hydrogen) atoms. The van der Waals surface area contributed by atoms with E-state index in [4.69, 9.17) is 0 Å². The number of hydrogen-bond acceptors (Lipinski definition) is 2. The van der Waals surface area contributed by atoms with Gasteiger partial charge in [-0.3, -0.25) is 0 Å². The molecular formula is C15H16BrF2NS. The van der Waals surface area contributed by atoms with E-state index >= 15 is 0 Å². The predicted octanol–water partition coefficient (Wildman–Crippen LogP) is 5.07. The molecule has 5 heteroatoms. The van der Waals surface area contributed by atoms with E-state index in [-0.39, 0.29) is 11.6 Å². The summed E-state index contributed by atoms with van der Waals surface area (Å²) in [6.07, 6.45) is 1.27. The average molecular weight is 360 g/mol. The Morgan fingerprint density at radius 2 is 1.95 bits per heavy atom. The number of hydrogen-bond donors (Lipinski definition) is 1. The second-order valence-corrected chi connectivity index (χ2v) is 6.18. The highest BCUT2D eigenvalue weighted by Gasteiger charge is 2.19. The van der Waals surface area contributed by atoms with Crippen molar-refractivity contribution in [3.8, 4) is 0 Å². The molecule has 0 amide bonds. The van der Waals surface area contributed by atoms with Gasteiger partial charge in [-0.25, -0.2) is 8.78 Å². The zero-order chi connectivity index (χ0) is 14.5. The van der Waals surface area contributed by atoms with Gasteiger partial charge in [0.05, 0.1) is 0 Å². The molecule has 1 unspecified atom stereocenters. The van der Waals surface area contributed by atoms with Crippen LogP contribution in [0.5, 0.6) is 0 Å². The van der Waals surface area contributed by atoms with E-state index in [0.29, 0.717) is 6.42 Å². The first-order valence-corrected chi connectivity index (χ1v) is 8.25. The summed E-state index contributed by atoms with van der Waals surface area (Å²) in [7, 11) is 0. The Hall–Kier alpha value is -0.780. The lowest BCUT2D eigenvalue weighted by Gasteiger charge is -2.19. The van der Waals surface area contributed by atoms with Crippen molar-refractivity contribution in [1.82, 2.24) is 5.32 Å². The lowest BCUT2D eigenvalue weighted by Crippen LogP contribution is -2.24. The first kappa shape index (κ1) is 15.6. The minimum Gasteiger partial charge on any atom is -0.310 e. The van der Waals surface area contributed by atoms with Crippen LogP contribution in [0.1, 0.15) is 30.5 Å². The summed E-state index contributed by atoms with van der Waals surface area (Å²) < 4.78 is 28.6. The summed E-state index contributed by atoms with van der Waals surface area (Å²) in [6, 6.07) is 3.90. The van der Waals surface area contributed by atoms with Gasteiger partial charge < -0.3 is 5.32 Å². The highest BCUT2D eigenvalue weighted by molar-refractivity contribution is 9.10. The van der Waals surface area contributed by atoms with Crippen LogP contribution < -0.4 is 5.32 Å². The fourth-order valence-corrected chi connectivity index (χ4v) is 3.71. The minimum absolute atomic E-state index is 0.0954. The Morgan fingerprint density at radius 3 is 2.50 bits per heavy atom. The third kappa shape index (κ3) is 3.65. The summed E-state index contributed by atoms with van der Waals surface area (Å²) in [5.41, 5.74) is 1.19. The lowest BCUT2D eigenvalue weighted by atomic mass is 10.00. The van der Waals surface area contributed by atoms with Crippen molar-refractivity contribution in [2.24, 2.45) is 0 Å². The molecule has 1 nitrogen and oxygen atoms in total. The highest BCUT2D eigenvalue weighted by Crippen LogP contribution is 2.30. The van der Waals surface area contributed by atoms with Gasteiger partial charge in [0.1, 0.15) is 11.6 Å². The fraction of sp³-hybridized carbons (Fsp3) is 0.333. The van der Waals surface area contributed by atoms with Crippen LogP contribution >= 0.6 is 27.3 Å². The Morgan fingerprint density at radius 1 is 1.25 bits per heavy atom. The Kier molecular flexibility index (Phi) is 5.69. The van der Waals surface area contributed by atoms with Gasteiger partial charge in [0.25, 0.3) is 0 Å². The predicted molar refractivity (Wildman–Crippen MR) is 83.1 cm³/mol. The molecule has 0 spiro atoms. The third-order valence-corrected chi connectivity index (χ3v) is 4.88. The SMILES string of the molecule is CCCNC(Cc1c(F)cccc1F)c1cscc1Br. The summed E-state index contributed by atoms with van der Waals surface area (Å²) in [4.78, 5) is 0. The van der Waals surface area contributed by atoms with Gasteiger partial charge >= 0.3 is 0 Å². The molecule has 2 aromatic rings. The molecular weight excluding hydrogens is 344 g/mol. The van der Waals surface area contributed by atoms with Crippen LogP contribution in [0.15, 0.2) is 33.4 Å². The summed E-state index contributed by atoms with van der Waals surface area (Å²) in [5.74, 6) is -0.973. The van der Waals surface area contributed by atoms with Crippen LogP contribution in [0.25, 0.3) is 0 Å². The molecule has 0 aliphatic heterocycles. The Bertz CT molecular complexity index is 551. The molecule has 1 N–H and O–H groups in total. The van der Waals surface area contributed by atoms with Crippen LogP contribution in [0, 0.1) is 11.6 Å². The molecule has 1 atom stereocenters. The molecule has 1 aromatic heterocycles. The molecule has 108 valence electrons. The number of nitrogens with one attached hydrogen (secondary N) is 1. The van der Waals surface area contributed by atoms with Gasteiger partial charge in [0.2, 0.25) is 0 Å². The second-order valence-electron chi connectivity index (χ2n) is 4.59. The number of thiophene rings is 1. The number of benzene rings is 1. The van der Waals surface area contributed by atoms with E-state index < -0.39 is 11.6 Å². The quantitative estimate of drug-likeness (QED) is 0.758. The van der Waals surface area contributed by atoms with Crippen LogP contribution in [0.4, 0.5) is 8.78 Å². The van der Waals surface area contributed by atoms with Crippen LogP contribution in [-0.2, 0) is 6.42 Å². The third-order valence-electron chi connectivity index (χ3n) is 3.13. The maximum Gasteiger partial charge on any atom is 0.129 e. The molecule has 1 heterocycles. The van der Waals surface area contributed by atoms with Gasteiger partial charge in [-0.15, -0.1) is 0 Å². The van der Waals surface area contributed by atoms with Gasteiger partial charge in [-0.1, -0.05) is 13.0 Å². The first-order valence-electron chi connectivity index (χ1n) is 6.51. The molecule has 0 saturated carbocycles. The van der Waals surface area contributed by atoms with E-state index in [9.17, 15) is 8.78 Å². The standard InChI is InChI=1S/C15H16BrF2NS/c1-2-6-19-15(11-8-20-9-12(11)16)7-10-13(17)4-3-5-14(10)18/h3-5,8-9,15,19H,2,6-7H2,1H3. The average Bonchev–Trinajstić information content (AvgIpc) is 2.84. The molecule has 0 saturated heterocycles. The molecule has 2 rings (SSSR count). The van der Waals surface area contributed by atoms with Gasteiger partial charge in [0.15, 0.2) is 0 Å². The molecule has 1 aromatic carbocycles. The van der Waals surface area contributed by atoms with Crippen molar-refractivity contribution >= 4 is 27.3 Å². The largest absolute Gasteiger partial charge is 0.310 e. The van der Waals surface area contributed by atoms with E-state index in [2.05, 4.69) is 28.2 Å². The molecule has 0 fully saturated rings. The number of halogens is 3. The van der Waals surface area contributed by atoms with Crippen molar-refractivity contribution in [1.29, 1.82) is 0 Å². The van der Waals surface area contributed by atoms with Crippen LogP contribution in [-0.4, -0.2) is 6.54 Å². The van der Waals surface area contributed by atoms with Gasteiger partial charge in [-0.2, -0.15) is 11.3 Å². The second kappa shape index (κ2) is 7.29. The summed E-state index contributed by atoms with van der Waals surface area (Å²) in [6.45, 7) is 2.87. The van der Waals surface area contributed by atoms with E-state index in [1.807, 2.05) is 10.8 Å². The van der Waals surface area contributed by atoms with Gasteiger partial charge in [0, 0.05) is 21.5 Å². The van der Waals surface area contributed by atoms with Crippen molar-refractivity contribution < 1.29 is 8.78 Å². The smallest absolute Gasteiger partial charge is 0.129 e. The van der Waals surface area contributed by atoms with Crippen LogP contribution in [0.2, 0.25) is 0 Å². The van der Waals surface area contributed by atoms with Crippen molar-refractivity contribution in [2.45, 2.75) is 25.8 Å². The van der Waals surface area contributed by atoms with Crippen molar-refractivity contribution in [3.05, 3.63) is 56.2 Å². The molecule has 0 radical (unpaired) electrons. The Labute approximate surface area is 130 Å². The molecule has 0 aliphatic rings. The normalized spacial score (nSPS) is 12.6. The monoisotopic (exact) mass is 359 g/mol. The lowest BCUT2D eigenvalue weighted by molar-refractivity contribution is 0.490. The fourth-order valence-electron chi connectivity index (χ4n) is 2.08. The Balaban J connectivity index is 2.26. The maximum atomic E-state index is 13.8. The number of rotatable bonds is 6. The topological polar surface area (TPSA) is 12.0 Å². The van der Waals surface area contributed by atoms with E-state index in [1.54, 1.807) is 11.3 Å². The zero-order valence-corrected chi connectivity index (χ0v) is 13.5. The zero-order valence-electron chi connectivity index (χ0n) is 11.1.